The second-order valence-corrected chi connectivity index (χ2v) is 2.74. The first kappa shape index (κ1) is 7.92. The molecular formula is C5H9BF3O-. The lowest BCUT2D eigenvalue weighted by Crippen LogP contribution is -2.16. The molecule has 0 amide bonds. The minimum absolute atomic E-state index is 0.245. The fraction of sp³-hybridized carbons (Fsp3) is 1.00. The molecule has 1 aliphatic carbocycles. The summed E-state index contributed by atoms with van der Waals surface area (Å²) in [6.45, 7) is -4.33. The van der Waals surface area contributed by atoms with Gasteiger partial charge in [-0.15, -0.1) is 0 Å². The SMILES string of the molecule is COC[C@@H]1C[C@H]1[B-](F)(F)F. The summed E-state index contributed by atoms with van der Waals surface area (Å²) in [7, 11) is 1.43. The lowest BCUT2D eigenvalue weighted by molar-refractivity contribution is 0.184. The van der Waals surface area contributed by atoms with E-state index in [0.717, 1.165) is 0 Å². The molecule has 0 aromatic heterocycles. The van der Waals surface area contributed by atoms with E-state index in [1.807, 2.05) is 0 Å². The molecule has 1 nitrogen and oxygen atoms in total. The van der Waals surface area contributed by atoms with Gasteiger partial charge in [0.25, 0.3) is 0 Å². The van der Waals surface area contributed by atoms with Crippen molar-refractivity contribution in [1.29, 1.82) is 0 Å². The minimum Gasteiger partial charge on any atom is -0.449 e. The van der Waals surface area contributed by atoms with Crippen LogP contribution in [0, 0.1) is 5.92 Å². The highest BCUT2D eigenvalue weighted by molar-refractivity contribution is 6.61. The summed E-state index contributed by atoms with van der Waals surface area (Å²) < 4.78 is 40.1. The third kappa shape index (κ3) is 1.65. The second-order valence-electron chi connectivity index (χ2n) is 2.74. The summed E-state index contributed by atoms with van der Waals surface area (Å²) in [5.41, 5.74) is 0. The van der Waals surface area contributed by atoms with Crippen molar-refractivity contribution in [3.63, 3.8) is 0 Å². The molecule has 10 heavy (non-hydrogen) atoms. The lowest BCUT2D eigenvalue weighted by atomic mass is 9.82. The third-order valence-corrected chi connectivity index (χ3v) is 1.84. The zero-order valence-electron chi connectivity index (χ0n) is 5.69. The van der Waals surface area contributed by atoms with E-state index in [1.54, 1.807) is 0 Å². The number of halogens is 3. The van der Waals surface area contributed by atoms with Gasteiger partial charge in [-0.25, -0.2) is 0 Å². The Hall–Kier alpha value is -0.185. The largest absolute Gasteiger partial charge is 0.481 e. The Morgan fingerprint density at radius 1 is 1.50 bits per heavy atom. The third-order valence-electron chi connectivity index (χ3n) is 1.84. The lowest BCUT2D eigenvalue weighted by Gasteiger charge is -2.11. The van der Waals surface area contributed by atoms with Crippen LogP contribution in [0.25, 0.3) is 0 Å². The molecular weight excluding hydrogens is 144 g/mol. The summed E-state index contributed by atoms with van der Waals surface area (Å²) in [4.78, 5) is 0. The van der Waals surface area contributed by atoms with E-state index in [9.17, 15) is 12.9 Å². The van der Waals surface area contributed by atoms with E-state index in [0.29, 0.717) is 0 Å². The predicted molar refractivity (Wildman–Crippen MR) is 32.8 cm³/mol. The minimum atomic E-state index is -4.58. The number of hydrogen-bond donors (Lipinski definition) is 0. The second kappa shape index (κ2) is 2.45. The molecule has 0 spiro atoms. The maximum atomic E-state index is 11.8. The molecule has 1 aliphatic rings. The molecule has 0 bridgehead atoms. The number of methoxy groups -OCH3 is 1. The molecule has 0 heterocycles. The van der Waals surface area contributed by atoms with Crippen LogP contribution in [0.2, 0.25) is 5.82 Å². The van der Waals surface area contributed by atoms with Crippen molar-refractivity contribution < 1.29 is 17.7 Å². The van der Waals surface area contributed by atoms with Gasteiger partial charge in [0.05, 0.1) is 0 Å². The molecule has 5 heteroatoms. The van der Waals surface area contributed by atoms with Gasteiger partial charge in [0.2, 0.25) is 0 Å². The smallest absolute Gasteiger partial charge is 0.449 e. The van der Waals surface area contributed by atoms with Crippen LogP contribution < -0.4 is 0 Å². The first-order chi connectivity index (χ1) is 4.55. The highest BCUT2D eigenvalue weighted by Crippen LogP contribution is 2.53. The normalized spacial score (nSPS) is 32.4. The number of rotatable bonds is 3. The average molecular weight is 153 g/mol. The molecule has 0 aromatic rings. The number of ether oxygens (including phenoxy) is 1. The van der Waals surface area contributed by atoms with Crippen molar-refractivity contribution in [2.75, 3.05) is 13.7 Å². The van der Waals surface area contributed by atoms with E-state index < -0.39 is 12.8 Å². The van der Waals surface area contributed by atoms with E-state index in [2.05, 4.69) is 4.74 Å². The van der Waals surface area contributed by atoms with Crippen LogP contribution in [0.3, 0.4) is 0 Å². The van der Waals surface area contributed by atoms with Crippen molar-refractivity contribution in [1.82, 2.24) is 0 Å². The molecule has 60 valence electrons. The predicted octanol–water partition coefficient (Wildman–Crippen LogP) is 1.87. The van der Waals surface area contributed by atoms with Gasteiger partial charge >= 0.3 is 6.98 Å². The Balaban J connectivity index is 2.25. The first-order valence-electron chi connectivity index (χ1n) is 3.24. The maximum absolute atomic E-state index is 11.8. The Labute approximate surface area is 57.6 Å². The fourth-order valence-corrected chi connectivity index (χ4v) is 1.14. The zero-order chi connectivity index (χ0) is 7.78. The van der Waals surface area contributed by atoms with Crippen LogP contribution >= 0.6 is 0 Å². The van der Waals surface area contributed by atoms with Gasteiger partial charge in [-0.1, -0.05) is 12.2 Å². The van der Waals surface area contributed by atoms with Gasteiger partial charge in [-0.2, -0.15) is 0 Å². The van der Waals surface area contributed by atoms with Crippen molar-refractivity contribution in [2.45, 2.75) is 12.2 Å². The topological polar surface area (TPSA) is 9.23 Å². The summed E-state index contributed by atoms with van der Waals surface area (Å²) in [5, 5.41) is 0. The monoisotopic (exact) mass is 153 g/mol. The number of hydrogen-bond acceptors (Lipinski definition) is 1. The standard InChI is InChI=1S/C5H9BF3O/c1-10-3-4-2-5(4)6(7,8)9/h4-5H,2-3H2,1H3/q-1/t4-,5+/m0/s1. The Morgan fingerprint density at radius 3 is 2.40 bits per heavy atom. The van der Waals surface area contributed by atoms with Crippen LogP contribution in [0.1, 0.15) is 6.42 Å². The summed E-state index contributed by atoms with van der Waals surface area (Å²) in [6.07, 6.45) is 0.275. The van der Waals surface area contributed by atoms with Gasteiger partial charge in [-0.05, 0) is 5.92 Å². The molecule has 0 unspecified atom stereocenters. The Kier molecular flexibility index (Phi) is 1.94. The molecule has 1 fully saturated rings. The molecule has 0 saturated heterocycles. The van der Waals surface area contributed by atoms with E-state index in [1.165, 1.54) is 7.11 Å². The molecule has 1 saturated carbocycles. The van der Waals surface area contributed by atoms with Crippen molar-refractivity contribution in [3.8, 4) is 0 Å². The molecule has 0 aliphatic heterocycles. The Morgan fingerprint density at radius 2 is 2.10 bits per heavy atom. The van der Waals surface area contributed by atoms with Crippen LogP contribution in [-0.2, 0) is 4.74 Å². The zero-order valence-corrected chi connectivity index (χ0v) is 5.69. The molecule has 2 atom stereocenters. The van der Waals surface area contributed by atoms with E-state index in [4.69, 9.17) is 0 Å². The summed E-state index contributed by atoms with van der Waals surface area (Å²) in [5.74, 6) is -1.27. The Bertz CT molecular complexity index is 125. The maximum Gasteiger partial charge on any atom is 0.481 e. The van der Waals surface area contributed by atoms with Gasteiger partial charge in [0.1, 0.15) is 0 Å². The molecule has 0 radical (unpaired) electrons. The van der Waals surface area contributed by atoms with E-state index in [-0.39, 0.29) is 18.9 Å². The summed E-state index contributed by atoms with van der Waals surface area (Å²) >= 11 is 0. The first-order valence-corrected chi connectivity index (χ1v) is 3.24. The molecule has 0 aromatic carbocycles. The van der Waals surface area contributed by atoms with Crippen LogP contribution in [0.4, 0.5) is 12.9 Å². The molecule has 0 N–H and O–H groups in total. The average Bonchev–Trinajstić information content (AvgIpc) is 2.44. The van der Waals surface area contributed by atoms with Crippen LogP contribution in [0.5, 0.6) is 0 Å². The van der Waals surface area contributed by atoms with Crippen LogP contribution in [-0.4, -0.2) is 20.7 Å². The van der Waals surface area contributed by atoms with Gasteiger partial charge in [0.15, 0.2) is 0 Å². The molecule has 1 rings (SSSR count). The van der Waals surface area contributed by atoms with Gasteiger partial charge in [0, 0.05) is 13.7 Å². The fourth-order valence-electron chi connectivity index (χ4n) is 1.14. The van der Waals surface area contributed by atoms with Crippen molar-refractivity contribution in [3.05, 3.63) is 0 Å². The van der Waals surface area contributed by atoms with Crippen LogP contribution in [0.15, 0.2) is 0 Å². The van der Waals surface area contributed by atoms with Gasteiger partial charge < -0.3 is 17.7 Å². The van der Waals surface area contributed by atoms with Gasteiger partial charge in [-0.3, -0.25) is 0 Å². The summed E-state index contributed by atoms with van der Waals surface area (Å²) in [6, 6.07) is 0. The highest BCUT2D eigenvalue weighted by Gasteiger charge is 2.50. The highest BCUT2D eigenvalue weighted by atomic mass is 19.4. The van der Waals surface area contributed by atoms with E-state index >= 15 is 0 Å². The van der Waals surface area contributed by atoms with Crippen molar-refractivity contribution >= 4 is 6.98 Å². The van der Waals surface area contributed by atoms with Crippen molar-refractivity contribution in [2.24, 2.45) is 5.92 Å². The quantitative estimate of drug-likeness (QED) is 0.562.